The van der Waals surface area contributed by atoms with Crippen molar-refractivity contribution in [2.75, 3.05) is 37.3 Å². The third-order valence-corrected chi connectivity index (χ3v) is 6.78. The molecule has 0 unspecified atom stereocenters. The number of anilines is 2. The van der Waals surface area contributed by atoms with Crippen molar-refractivity contribution >= 4 is 27.6 Å². The van der Waals surface area contributed by atoms with Gasteiger partial charge in [0.15, 0.2) is 5.82 Å². The Balaban J connectivity index is 1.63. The Hall–Kier alpha value is -2.60. The van der Waals surface area contributed by atoms with Crippen LogP contribution in [0.3, 0.4) is 0 Å². The standard InChI is InChI=1S/C20H27FN6O3S/c1-14-7-8-17(11-23-14)24-20(28)25-18-6-4-5-16(19(18)21)13-26-9-10-27(15(2)12-26)31(29,30)22-3/h4-8,11,15,22H,9-10,12-13H2,1-3H3,(H2,24,25,28)/t15-/m0/s1. The van der Waals surface area contributed by atoms with E-state index in [-0.39, 0.29) is 11.7 Å². The second kappa shape index (κ2) is 9.69. The van der Waals surface area contributed by atoms with Crippen LogP contribution in [-0.4, -0.2) is 61.4 Å². The van der Waals surface area contributed by atoms with Gasteiger partial charge in [-0.15, -0.1) is 0 Å². The van der Waals surface area contributed by atoms with Crippen LogP contribution >= 0.6 is 0 Å². The van der Waals surface area contributed by atoms with Crippen LogP contribution in [0.2, 0.25) is 0 Å². The van der Waals surface area contributed by atoms with Gasteiger partial charge in [0.1, 0.15) is 0 Å². The summed E-state index contributed by atoms with van der Waals surface area (Å²) < 4.78 is 42.9. The van der Waals surface area contributed by atoms with Crippen LogP contribution in [0.5, 0.6) is 0 Å². The maximum absolute atomic E-state index is 15.0. The molecule has 0 radical (unpaired) electrons. The Morgan fingerprint density at radius 2 is 2.00 bits per heavy atom. The summed E-state index contributed by atoms with van der Waals surface area (Å²) in [4.78, 5) is 18.3. The average molecular weight is 451 g/mol. The van der Waals surface area contributed by atoms with Crippen molar-refractivity contribution in [1.29, 1.82) is 0 Å². The maximum atomic E-state index is 15.0. The lowest BCUT2D eigenvalue weighted by Gasteiger charge is -2.38. The second-order valence-electron chi connectivity index (χ2n) is 7.45. The van der Waals surface area contributed by atoms with Gasteiger partial charge in [0.05, 0.1) is 17.6 Å². The number of carbonyl (C=O) groups is 1. The number of nitrogens with zero attached hydrogens (tertiary/aromatic N) is 3. The number of pyridine rings is 1. The molecule has 11 heteroatoms. The minimum absolute atomic E-state index is 0.0690. The van der Waals surface area contributed by atoms with E-state index >= 15 is 0 Å². The first-order valence-corrected chi connectivity index (χ1v) is 11.3. The van der Waals surface area contributed by atoms with E-state index < -0.39 is 22.1 Å². The number of aryl methyl sites for hydroxylation is 1. The van der Waals surface area contributed by atoms with E-state index in [0.29, 0.717) is 37.4 Å². The van der Waals surface area contributed by atoms with E-state index in [1.165, 1.54) is 23.6 Å². The van der Waals surface area contributed by atoms with Crippen molar-refractivity contribution in [2.45, 2.75) is 26.4 Å². The first-order valence-electron chi connectivity index (χ1n) is 9.90. The number of rotatable bonds is 6. The fourth-order valence-electron chi connectivity index (χ4n) is 3.50. The van der Waals surface area contributed by atoms with Gasteiger partial charge in [0, 0.05) is 50.5 Å². The fraction of sp³-hybridized carbons (Fsp3) is 0.400. The number of hydrogen-bond acceptors (Lipinski definition) is 5. The summed E-state index contributed by atoms with van der Waals surface area (Å²) in [6.45, 7) is 5.23. The molecule has 2 heterocycles. The molecule has 0 aliphatic carbocycles. The molecule has 1 aromatic carbocycles. The molecule has 0 spiro atoms. The molecular formula is C20H27FN6O3S. The van der Waals surface area contributed by atoms with Crippen LogP contribution in [0, 0.1) is 12.7 Å². The highest BCUT2D eigenvalue weighted by atomic mass is 32.2. The molecule has 168 valence electrons. The quantitative estimate of drug-likeness (QED) is 0.625. The van der Waals surface area contributed by atoms with Gasteiger partial charge in [0.2, 0.25) is 0 Å². The minimum Gasteiger partial charge on any atom is -0.306 e. The first-order chi connectivity index (χ1) is 14.7. The Kier molecular flexibility index (Phi) is 7.21. The molecule has 1 saturated heterocycles. The molecule has 3 rings (SSSR count). The van der Waals surface area contributed by atoms with Gasteiger partial charge in [-0.2, -0.15) is 12.7 Å². The fourth-order valence-corrected chi connectivity index (χ4v) is 4.60. The van der Waals surface area contributed by atoms with E-state index in [2.05, 4.69) is 20.3 Å². The lowest BCUT2D eigenvalue weighted by Crippen LogP contribution is -2.55. The van der Waals surface area contributed by atoms with Gasteiger partial charge in [-0.3, -0.25) is 9.88 Å². The zero-order valence-corrected chi connectivity index (χ0v) is 18.5. The predicted molar refractivity (Wildman–Crippen MR) is 117 cm³/mol. The summed E-state index contributed by atoms with van der Waals surface area (Å²) in [5, 5.41) is 5.15. The summed E-state index contributed by atoms with van der Waals surface area (Å²) in [7, 11) is -2.12. The number of halogens is 1. The molecular weight excluding hydrogens is 423 g/mol. The second-order valence-corrected chi connectivity index (χ2v) is 9.28. The van der Waals surface area contributed by atoms with Crippen LogP contribution in [0.25, 0.3) is 0 Å². The summed E-state index contributed by atoms with van der Waals surface area (Å²) in [6.07, 6.45) is 1.52. The van der Waals surface area contributed by atoms with Gasteiger partial charge in [0.25, 0.3) is 10.2 Å². The smallest absolute Gasteiger partial charge is 0.306 e. The first kappa shape index (κ1) is 23.1. The van der Waals surface area contributed by atoms with Crippen LogP contribution < -0.4 is 15.4 Å². The van der Waals surface area contributed by atoms with Gasteiger partial charge < -0.3 is 10.6 Å². The lowest BCUT2D eigenvalue weighted by atomic mass is 10.1. The predicted octanol–water partition coefficient (Wildman–Crippen LogP) is 2.14. The van der Waals surface area contributed by atoms with E-state index in [4.69, 9.17) is 0 Å². The third-order valence-electron chi connectivity index (χ3n) is 5.11. The Bertz CT molecular complexity index is 1030. The SMILES string of the molecule is CNS(=O)(=O)N1CCN(Cc2cccc(NC(=O)Nc3ccc(C)nc3)c2F)C[C@@H]1C. The minimum atomic E-state index is -3.50. The van der Waals surface area contributed by atoms with E-state index in [9.17, 15) is 17.6 Å². The molecule has 2 aromatic rings. The van der Waals surface area contributed by atoms with Crippen LogP contribution in [-0.2, 0) is 16.8 Å². The third kappa shape index (κ3) is 5.76. The van der Waals surface area contributed by atoms with E-state index in [1.54, 1.807) is 24.3 Å². The average Bonchev–Trinajstić information content (AvgIpc) is 2.72. The maximum Gasteiger partial charge on any atom is 0.323 e. The molecule has 1 aliphatic heterocycles. The van der Waals surface area contributed by atoms with Crippen LogP contribution in [0.15, 0.2) is 36.5 Å². The topological polar surface area (TPSA) is 107 Å². The number of piperazine rings is 1. The number of hydrogen-bond donors (Lipinski definition) is 3. The zero-order valence-electron chi connectivity index (χ0n) is 17.7. The van der Waals surface area contributed by atoms with E-state index in [1.807, 2.05) is 18.7 Å². The lowest BCUT2D eigenvalue weighted by molar-refractivity contribution is 0.136. The van der Waals surface area contributed by atoms with Crippen molar-refractivity contribution in [3.8, 4) is 0 Å². The highest BCUT2D eigenvalue weighted by Crippen LogP contribution is 2.22. The van der Waals surface area contributed by atoms with Crippen molar-refractivity contribution < 1.29 is 17.6 Å². The number of benzene rings is 1. The van der Waals surface area contributed by atoms with Crippen molar-refractivity contribution in [1.82, 2.24) is 18.9 Å². The highest BCUT2D eigenvalue weighted by molar-refractivity contribution is 7.87. The normalized spacial score (nSPS) is 18.0. The van der Waals surface area contributed by atoms with Gasteiger partial charge in [-0.1, -0.05) is 12.1 Å². The number of carbonyl (C=O) groups excluding carboxylic acids is 1. The molecule has 1 atom stereocenters. The monoisotopic (exact) mass is 450 g/mol. The molecule has 9 nitrogen and oxygen atoms in total. The Labute approximate surface area is 181 Å². The molecule has 1 fully saturated rings. The largest absolute Gasteiger partial charge is 0.323 e. The molecule has 0 bridgehead atoms. The van der Waals surface area contributed by atoms with Crippen molar-refractivity contribution in [3.63, 3.8) is 0 Å². The molecule has 3 N–H and O–H groups in total. The van der Waals surface area contributed by atoms with Gasteiger partial charge >= 0.3 is 6.03 Å². The summed E-state index contributed by atoms with van der Waals surface area (Å²) in [5.74, 6) is -0.516. The highest BCUT2D eigenvalue weighted by Gasteiger charge is 2.31. The number of aromatic nitrogens is 1. The van der Waals surface area contributed by atoms with Crippen molar-refractivity contribution in [2.24, 2.45) is 0 Å². The number of urea groups is 1. The number of nitrogens with one attached hydrogen (secondary N) is 3. The zero-order chi connectivity index (χ0) is 22.6. The molecule has 31 heavy (non-hydrogen) atoms. The summed E-state index contributed by atoms with van der Waals surface area (Å²) >= 11 is 0. The number of amides is 2. The summed E-state index contributed by atoms with van der Waals surface area (Å²) in [5.41, 5.74) is 1.82. The Morgan fingerprint density at radius 3 is 2.65 bits per heavy atom. The van der Waals surface area contributed by atoms with Crippen molar-refractivity contribution in [3.05, 3.63) is 53.6 Å². The summed E-state index contributed by atoms with van der Waals surface area (Å²) in [6, 6.07) is 7.48. The van der Waals surface area contributed by atoms with E-state index in [0.717, 1.165) is 5.69 Å². The Morgan fingerprint density at radius 1 is 1.23 bits per heavy atom. The molecule has 1 aromatic heterocycles. The van der Waals surface area contributed by atoms with Crippen LogP contribution in [0.1, 0.15) is 18.2 Å². The molecule has 2 amide bonds. The van der Waals surface area contributed by atoms with Gasteiger partial charge in [-0.25, -0.2) is 13.9 Å². The molecule has 0 saturated carbocycles. The molecule has 1 aliphatic rings. The van der Waals surface area contributed by atoms with Crippen LogP contribution in [0.4, 0.5) is 20.6 Å². The van der Waals surface area contributed by atoms with Gasteiger partial charge in [-0.05, 0) is 32.0 Å².